The fourth-order valence-electron chi connectivity index (χ4n) is 1.72. The van der Waals surface area contributed by atoms with Crippen molar-refractivity contribution in [3.8, 4) is 0 Å². The van der Waals surface area contributed by atoms with Gasteiger partial charge in [-0.05, 0) is 12.8 Å². The van der Waals surface area contributed by atoms with Gasteiger partial charge in [0.2, 0.25) is 0 Å². The topological polar surface area (TPSA) is 38.7 Å². The highest BCUT2D eigenvalue weighted by atomic mass is 16.5. The van der Waals surface area contributed by atoms with E-state index in [1.54, 1.807) is 6.26 Å². The minimum Gasteiger partial charge on any atom is -0.466 e. The first-order chi connectivity index (χ1) is 7.88. The summed E-state index contributed by atoms with van der Waals surface area (Å²) in [5.41, 5.74) is 1.35. The van der Waals surface area contributed by atoms with E-state index in [-0.39, 0.29) is 6.61 Å². The number of hydrogen-bond acceptors (Lipinski definition) is 3. The van der Waals surface area contributed by atoms with Gasteiger partial charge in [-0.2, -0.15) is 0 Å². The van der Waals surface area contributed by atoms with Crippen LogP contribution in [0.1, 0.15) is 25.7 Å². The predicted molar refractivity (Wildman–Crippen MR) is 61.1 cm³/mol. The number of allylic oxidation sites excluding steroid dienone is 4. The first-order valence-corrected chi connectivity index (χ1v) is 5.55. The van der Waals surface area contributed by atoms with E-state index in [0.29, 0.717) is 12.2 Å². The fourth-order valence-corrected chi connectivity index (χ4v) is 1.72. The van der Waals surface area contributed by atoms with Gasteiger partial charge >= 0.3 is 0 Å². The maximum atomic E-state index is 8.81. The van der Waals surface area contributed by atoms with Gasteiger partial charge in [-0.1, -0.05) is 23.8 Å². The van der Waals surface area contributed by atoms with Gasteiger partial charge in [0.15, 0.2) is 0 Å². The van der Waals surface area contributed by atoms with Crippen molar-refractivity contribution in [2.24, 2.45) is 0 Å². The van der Waals surface area contributed by atoms with Crippen LogP contribution in [0.25, 0.3) is 0 Å². The summed E-state index contributed by atoms with van der Waals surface area (Å²) in [5.74, 6) is 1.50. The summed E-state index contributed by atoms with van der Waals surface area (Å²) in [6, 6.07) is 0. The zero-order valence-electron chi connectivity index (χ0n) is 9.19. The molecule has 86 valence electrons. The summed E-state index contributed by atoms with van der Waals surface area (Å²) in [4.78, 5) is 0. The summed E-state index contributed by atoms with van der Waals surface area (Å²) in [5, 5.41) is 8.81. The lowest BCUT2D eigenvalue weighted by atomic mass is 10.0. The number of rotatable bonds is 4. The third-order valence-electron chi connectivity index (χ3n) is 2.52. The van der Waals surface area contributed by atoms with E-state index in [1.807, 2.05) is 0 Å². The van der Waals surface area contributed by atoms with E-state index in [1.165, 1.54) is 11.8 Å². The van der Waals surface area contributed by atoms with Crippen LogP contribution in [0.3, 0.4) is 0 Å². The highest BCUT2D eigenvalue weighted by molar-refractivity contribution is 5.22. The number of hydrogen-bond donors (Lipinski definition) is 1. The normalized spacial score (nSPS) is 19.2. The van der Waals surface area contributed by atoms with Crippen molar-refractivity contribution in [2.75, 3.05) is 6.61 Å². The van der Waals surface area contributed by atoms with E-state index in [0.717, 1.165) is 25.0 Å². The minimum absolute atomic E-state index is 0.0773. The molecule has 0 radical (unpaired) electrons. The van der Waals surface area contributed by atoms with Crippen LogP contribution in [0.5, 0.6) is 0 Å². The molecule has 1 aliphatic carbocycles. The molecule has 0 aromatic rings. The Labute approximate surface area is 95.4 Å². The zero-order chi connectivity index (χ0) is 11.2. The van der Waals surface area contributed by atoms with Crippen molar-refractivity contribution in [1.82, 2.24) is 0 Å². The Bertz CT molecular complexity index is 361. The quantitative estimate of drug-likeness (QED) is 0.791. The standard InChI is InChI=1S/C13H16O3/c14-7-6-12-9-15-10-13(16-12)8-11-4-2-1-3-5-11/h1-2,4,9-10,14H,3,5-8H2. The van der Waals surface area contributed by atoms with Gasteiger partial charge in [0.1, 0.15) is 24.0 Å². The molecule has 0 aromatic carbocycles. The van der Waals surface area contributed by atoms with Gasteiger partial charge in [-0.3, -0.25) is 0 Å². The van der Waals surface area contributed by atoms with Crippen molar-refractivity contribution in [1.29, 1.82) is 0 Å². The Balaban J connectivity index is 1.89. The zero-order valence-corrected chi connectivity index (χ0v) is 9.19. The van der Waals surface area contributed by atoms with Crippen LogP contribution in [0.2, 0.25) is 0 Å². The SMILES string of the molecule is OCCC1=COC=C(CC2=CC=CCC2)O1. The highest BCUT2D eigenvalue weighted by Crippen LogP contribution is 2.25. The smallest absolute Gasteiger partial charge is 0.143 e. The number of aliphatic hydroxyl groups is 1. The van der Waals surface area contributed by atoms with Crippen LogP contribution >= 0.6 is 0 Å². The molecule has 0 atom stereocenters. The first kappa shape index (κ1) is 11.0. The van der Waals surface area contributed by atoms with Gasteiger partial charge in [0, 0.05) is 12.8 Å². The van der Waals surface area contributed by atoms with Gasteiger partial charge in [-0.15, -0.1) is 0 Å². The van der Waals surface area contributed by atoms with Crippen molar-refractivity contribution >= 4 is 0 Å². The molecule has 16 heavy (non-hydrogen) atoms. The Morgan fingerprint density at radius 1 is 1.25 bits per heavy atom. The van der Waals surface area contributed by atoms with Crippen LogP contribution in [0.15, 0.2) is 47.8 Å². The second-order valence-electron chi connectivity index (χ2n) is 3.85. The molecule has 0 bridgehead atoms. The summed E-state index contributed by atoms with van der Waals surface area (Å²) in [6.45, 7) is 0.0773. The van der Waals surface area contributed by atoms with Gasteiger partial charge in [0.25, 0.3) is 0 Å². The van der Waals surface area contributed by atoms with Crippen LogP contribution < -0.4 is 0 Å². The van der Waals surface area contributed by atoms with Crippen LogP contribution in [-0.4, -0.2) is 11.7 Å². The molecule has 2 aliphatic rings. The molecule has 0 saturated carbocycles. The molecule has 3 nitrogen and oxygen atoms in total. The summed E-state index contributed by atoms with van der Waals surface area (Å²) in [6.07, 6.45) is 13.0. The largest absolute Gasteiger partial charge is 0.466 e. The van der Waals surface area contributed by atoms with Crippen molar-refractivity contribution in [3.05, 3.63) is 47.8 Å². The maximum absolute atomic E-state index is 8.81. The Hall–Kier alpha value is -1.48. The van der Waals surface area contributed by atoms with Crippen molar-refractivity contribution in [2.45, 2.75) is 25.7 Å². The van der Waals surface area contributed by atoms with E-state index in [2.05, 4.69) is 18.2 Å². The average molecular weight is 220 g/mol. The molecule has 0 aromatic heterocycles. The van der Waals surface area contributed by atoms with Crippen molar-refractivity contribution < 1.29 is 14.6 Å². The average Bonchev–Trinajstić information content (AvgIpc) is 2.31. The molecule has 2 rings (SSSR count). The lowest BCUT2D eigenvalue weighted by Crippen LogP contribution is -2.03. The Morgan fingerprint density at radius 2 is 2.12 bits per heavy atom. The molecule has 1 aliphatic heterocycles. The second-order valence-corrected chi connectivity index (χ2v) is 3.85. The third-order valence-corrected chi connectivity index (χ3v) is 2.52. The van der Waals surface area contributed by atoms with Crippen LogP contribution in [0, 0.1) is 0 Å². The Kier molecular flexibility index (Phi) is 3.83. The van der Waals surface area contributed by atoms with Crippen LogP contribution in [-0.2, 0) is 9.47 Å². The predicted octanol–water partition coefficient (Wildman–Crippen LogP) is 2.76. The van der Waals surface area contributed by atoms with Gasteiger partial charge < -0.3 is 14.6 Å². The molecule has 0 saturated heterocycles. The molecule has 1 N–H and O–H groups in total. The molecule has 3 heteroatoms. The lowest BCUT2D eigenvalue weighted by Gasteiger charge is -2.17. The van der Waals surface area contributed by atoms with Gasteiger partial charge in [-0.25, -0.2) is 0 Å². The molecular weight excluding hydrogens is 204 g/mol. The van der Waals surface area contributed by atoms with Crippen LogP contribution in [0.4, 0.5) is 0 Å². The van der Waals surface area contributed by atoms with E-state index in [9.17, 15) is 0 Å². The highest BCUT2D eigenvalue weighted by Gasteiger charge is 2.11. The monoisotopic (exact) mass is 220 g/mol. The fraction of sp³-hybridized carbons (Fsp3) is 0.385. The third kappa shape index (κ3) is 3.00. The van der Waals surface area contributed by atoms with Gasteiger partial charge in [0.05, 0.1) is 6.61 Å². The molecular formula is C13H16O3. The molecule has 0 spiro atoms. The number of aliphatic hydroxyl groups excluding tert-OH is 1. The Morgan fingerprint density at radius 3 is 2.88 bits per heavy atom. The maximum Gasteiger partial charge on any atom is 0.143 e. The van der Waals surface area contributed by atoms with Crippen molar-refractivity contribution in [3.63, 3.8) is 0 Å². The summed E-state index contributed by atoms with van der Waals surface area (Å²) < 4.78 is 10.8. The van der Waals surface area contributed by atoms with E-state index < -0.39 is 0 Å². The van der Waals surface area contributed by atoms with E-state index >= 15 is 0 Å². The lowest BCUT2D eigenvalue weighted by molar-refractivity contribution is 0.188. The summed E-state index contributed by atoms with van der Waals surface area (Å²) >= 11 is 0. The molecule has 0 unspecified atom stereocenters. The second kappa shape index (κ2) is 5.56. The van der Waals surface area contributed by atoms with E-state index in [4.69, 9.17) is 14.6 Å². The first-order valence-electron chi connectivity index (χ1n) is 5.55. The minimum atomic E-state index is 0.0773. The number of ether oxygens (including phenoxy) is 2. The molecule has 0 amide bonds. The molecule has 0 fully saturated rings. The molecule has 1 heterocycles. The summed E-state index contributed by atoms with van der Waals surface area (Å²) in [7, 11) is 0.